The van der Waals surface area contributed by atoms with Gasteiger partial charge in [-0.15, -0.1) is 0 Å². The van der Waals surface area contributed by atoms with E-state index in [1.807, 2.05) is 12.1 Å². The van der Waals surface area contributed by atoms with Crippen LogP contribution in [0.15, 0.2) is 18.2 Å². The van der Waals surface area contributed by atoms with E-state index in [2.05, 4.69) is 5.32 Å². The van der Waals surface area contributed by atoms with Crippen LogP contribution in [0.5, 0.6) is 5.75 Å². The third-order valence-electron chi connectivity index (χ3n) is 3.09. The number of hydrogen-bond acceptors (Lipinski definition) is 4. The van der Waals surface area contributed by atoms with Crippen LogP contribution in [-0.4, -0.2) is 30.7 Å². The Morgan fingerprint density at radius 3 is 2.50 bits per heavy atom. The molecule has 0 atom stereocenters. The summed E-state index contributed by atoms with van der Waals surface area (Å²) in [6, 6.07) is 5.43. The van der Waals surface area contributed by atoms with Crippen LogP contribution in [0.4, 0.5) is 5.69 Å². The molecule has 1 aromatic carbocycles. The lowest BCUT2D eigenvalue weighted by Gasteiger charge is -2.06. The first-order chi connectivity index (χ1) is 9.51. The molecule has 1 heterocycles. The van der Waals surface area contributed by atoms with Crippen LogP contribution in [0, 0.1) is 0 Å². The quantitative estimate of drug-likeness (QED) is 0.870. The zero-order valence-corrected chi connectivity index (χ0v) is 11.8. The Labute approximate surface area is 116 Å². The molecule has 0 unspecified atom stereocenters. The van der Waals surface area contributed by atoms with Crippen LogP contribution in [0.3, 0.4) is 0 Å². The first-order valence-corrected chi connectivity index (χ1v) is 6.02. The minimum Gasteiger partial charge on any atom is -0.496 e. The predicted octanol–water partition coefficient (Wildman–Crippen LogP) is 1.93. The number of anilines is 1. The van der Waals surface area contributed by atoms with Gasteiger partial charge >= 0.3 is 5.97 Å². The summed E-state index contributed by atoms with van der Waals surface area (Å²) in [5, 5.41) is 3.36. The number of benzene rings is 1. The SMILES string of the molecule is COC(=O)c1c(NC(C)=O)c2c(OC)cccc2n1C. The van der Waals surface area contributed by atoms with E-state index in [9.17, 15) is 9.59 Å². The number of methoxy groups -OCH3 is 2. The number of rotatable bonds is 3. The summed E-state index contributed by atoms with van der Waals surface area (Å²) in [7, 11) is 4.57. The van der Waals surface area contributed by atoms with E-state index < -0.39 is 5.97 Å². The van der Waals surface area contributed by atoms with Gasteiger partial charge in [0.25, 0.3) is 0 Å². The van der Waals surface area contributed by atoms with Crippen LogP contribution < -0.4 is 10.1 Å². The van der Waals surface area contributed by atoms with Gasteiger partial charge in [-0.3, -0.25) is 4.79 Å². The highest BCUT2D eigenvalue weighted by atomic mass is 16.5. The average Bonchev–Trinajstić information content (AvgIpc) is 2.70. The third-order valence-corrected chi connectivity index (χ3v) is 3.09. The van der Waals surface area contributed by atoms with Gasteiger partial charge in [-0.1, -0.05) is 6.07 Å². The summed E-state index contributed by atoms with van der Waals surface area (Å²) >= 11 is 0. The van der Waals surface area contributed by atoms with Crippen molar-refractivity contribution in [2.24, 2.45) is 7.05 Å². The van der Waals surface area contributed by atoms with Crippen molar-refractivity contribution in [2.75, 3.05) is 19.5 Å². The maximum atomic E-state index is 12.0. The fourth-order valence-electron chi connectivity index (χ4n) is 2.26. The molecule has 1 aromatic heterocycles. The number of hydrogen-bond donors (Lipinski definition) is 1. The molecular weight excluding hydrogens is 260 g/mol. The van der Waals surface area contributed by atoms with Gasteiger partial charge in [0, 0.05) is 14.0 Å². The van der Waals surface area contributed by atoms with Gasteiger partial charge in [0.1, 0.15) is 5.75 Å². The van der Waals surface area contributed by atoms with E-state index in [-0.39, 0.29) is 11.6 Å². The second kappa shape index (κ2) is 5.24. The van der Waals surface area contributed by atoms with E-state index in [1.54, 1.807) is 17.7 Å². The minimum atomic E-state index is -0.519. The Kier molecular flexibility index (Phi) is 3.65. The average molecular weight is 276 g/mol. The number of amides is 1. The normalized spacial score (nSPS) is 10.4. The molecule has 0 radical (unpaired) electrons. The van der Waals surface area contributed by atoms with Gasteiger partial charge in [0.05, 0.1) is 30.8 Å². The van der Waals surface area contributed by atoms with Gasteiger partial charge in [-0.25, -0.2) is 4.79 Å². The van der Waals surface area contributed by atoms with Crippen molar-refractivity contribution in [3.8, 4) is 5.75 Å². The molecule has 2 rings (SSSR count). The number of nitrogens with zero attached hydrogens (tertiary/aromatic N) is 1. The van der Waals surface area contributed by atoms with Crippen LogP contribution >= 0.6 is 0 Å². The molecule has 2 aromatic rings. The van der Waals surface area contributed by atoms with E-state index >= 15 is 0 Å². The molecule has 6 nitrogen and oxygen atoms in total. The molecule has 0 aliphatic rings. The van der Waals surface area contributed by atoms with Crippen LogP contribution in [0.2, 0.25) is 0 Å². The summed E-state index contributed by atoms with van der Waals surface area (Å²) in [6.07, 6.45) is 0. The van der Waals surface area contributed by atoms with Crippen LogP contribution in [-0.2, 0) is 16.6 Å². The molecule has 0 saturated carbocycles. The lowest BCUT2D eigenvalue weighted by molar-refractivity contribution is -0.114. The van der Waals surface area contributed by atoms with Crippen molar-refractivity contribution in [3.05, 3.63) is 23.9 Å². The predicted molar refractivity (Wildman–Crippen MR) is 75.1 cm³/mol. The Balaban J connectivity index is 2.86. The number of carbonyl (C=O) groups is 2. The highest BCUT2D eigenvalue weighted by Gasteiger charge is 2.24. The topological polar surface area (TPSA) is 69.6 Å². The van der Waals surface area contributed by atoms with E-state index in [0.29, 0.717) is 16.8 Å². The summed E-state index contributed by atoms with van der Waals surface area (Å²) in [6.45, 7) is 1.38. The Morgan fingerprint density at radius 1 is 1.25 bits per heavy atom. The van der Waals surface area contributed by atoms with Crippen molar-refractivity contribution < 1.29 is 19.1 Å². The highest BCUT2D eigenvalue weighted by molar-refractivity contribution is 6.13. The molecule has 20 heavy (non-hydrogen) atoms. The number of carbonyl (C=O) groups excluding carboxylic acids is 2. The standard InChI is InChI=1S/C14H16N2O4/c1-8(17)15-12-11-9(6-5-7-10(11)19-3)16(2)13(12)14(18)20-4/h5-7H,1-4H3,(H,15,17). The zero-order chi connectivity index (χ0) is 14.9. The molecular formula is C14H16N2O4. The number of ether oxygens (including phenoxy) is 2. The molecule has 0 aliphatic heterocycles. The van der Waals surface area contributed by atoms with Crippen LogP contribution in [0.25, 0.3) is 10.9 Å². The molecule has 0 bridgehead atoms. The Morgan fingerprint density at radius 2 is 1.95 bits per heavy atom. The summed E-state index contributed by atoms with van der Waals surface area (Å²) in [4.78, 5) is 23.4. The Hall–Kier alpha value is -2.50. The summed E-state index contributed by atoms with van der Waals surface area (Å²) in [5.74, 6) is -0.208. The second-order valence-corrected chi connectivity index (χ2v) is 4.31. The van der Waals surface area contributed by atoms with Crippen molar-refractivity contribution in [1.29, 1.82) is 0 Å². The molecule has 1 amide bonds. The van der Waals surface area contributed by atoms with E-state index in [4.69, 9.17) is 9.47 Å². The Bertz CT molecular complexity index is 688. The number of aryl methyl sites for hydroxylation is 1. The van der Waals surface area contributed by atoms with Crippen molar-refractivity contribution in [1.82, 2.24) is 4.57 Å². The zero-order valence-electron chi connectivity index (χ0n) is 11.8. The number of fused-ring (bicyclic) bond motifs is 1. The fraction of sp³-hybridized carbons (Fsp3) is 0.286. The second-order valence-electron chi connectivity index (χ2n) is 4.31. The lowest BCUT2D eigenvalue weighted by Crippen LogP contribution is -2.13. The minimum absolute atomic E-state index is 0.270. The molecule has 0 fully saturated rings. The first-order valence-electron chi connectivity index (χ1n) is 6.02. The van der Waals surface area contributed by atoms with Gasteiger partial charge in [0.15, 0.2) is 5.69 Å². The molecule has 106 valence electrons. The van der Waals surface area contributed by atoms with Gasteiger partial charge in [0.2, 0.25) is 5.91 Å². The number of esters is 1. The molecule has 1 N–H and O–H groups in total. The molecule has 0 spiro atoms. The third kappa shape index (κ3) is 2.09. The maximum Gasteiger partial charge on any atom is 0.356 e. The van der Waals surface area contributed by atoms with E-state index in [0.717, 1.165) is 5.52 Å². The summed E-state index contributed by atoms with van der Waals surface area (Å²) < 4.78 is 11.8. The highest BCUT2D eigenvalue weighted by Crippen LogP contribution is 2.37. The van der Waals surface area contributed by atoms with Gasteiger partial charge in [-0.05, 0) is 12.1 Å². The summed E-state index contributed by atoms with van der Waals surface area (Å²) in [5.41, 5.74) is 1.45. The molecule has 6 heteroatoms. The fourth-order valence-corrected chi connectivity index (χ4v) is 2.26. The van der Waals surface area contributed by atoms with Gasteiger partial charge in [-0.2, -0.15) is 0 Å². The smallest absolute Gasteiger partial charge is 0.356 e. The van der Waals surface area contributed by atoms with Gasteiger partial charge < -0.3 is 19.4 Å². The largest absolute Gasteiger partial charge is 0.496 e. The van der Waals surface area contributed by atoms with Crippen molar-refractivity contribution >= 4 is 28.5 Å². The molecule has 0 saturated heterocycles. The number of nitrogens with one attached hydrogen (secondary N) is 1. The van der Waals surface area contributed by atoms with Crippen LogP contribution in [0.1, 0.15) is 17.4 Å². The first kappa shape index (κ1) is 13.9. The van der Waals surface area contributed by atoms with E-state index in [1.165, 1.54) is 21.1 Å². The maximum absolute atomic E-state index is 12.0. The molecule has 0 aliphatic carbocycles. The monoisotopic (exact) mass is 276 g/mol. The van der Waals surface area contributed by atoms with Crippen molar-refractivity contribution in [3.63, 3.8) is 0 Å². The lowest BCUT2D eigenvalue weighted by atomic mass is 10.2. The van der Waals surface area contributed by atoms with Crippen molar-refractivity contribution in [2.45, 2.75) is 6.92 Å². The number of aromatic nitrogens is 1.